The SMILES string of the molecule is CC(Sc1nn(-c2ccc(F)cc2)c(=S)s1)C(=O)Nc1cccc2ccccc12. The van der Waals surface area contributed by atoms with Crippen LogP contribution in [0, 0.1) is 9.77 Å². The molecule has 1 aromatic heterocycles. The van der Waals surface area contributed by atoms with Gasteiger partial charge in [-0.15, -0.1) is 5.10 Å². The summed E-state index contributed by atoms with van der Waals surface area (Å²) in [4.78, 5) is 12.7. The molecule has 4 nitrogen and oxygen atoms in total. The second-order valence-electron chi connectivity index (χ2n) is 6.30. The fourth-order valence-electron chi connectivity index (χ4n) is 2.83. The first-order valence-electron chi connectivity index (χ1n) is 8.82. The van der Waals surface area contributed by atoms with Gasteiger partial charge in [0.25, 0.3) is 0 Å². The standard InChI is InChI=1S/C21H16FN3OS3/c1-13(19(26)23-18-8-4-6-14-5-2-3-7-17(14)18)28-20-24-25(21(27)29-20)16-11-9-15(22)10-12-16/h2-13H,1H3,(H,23,26). The monoisotopic (exact) mass is 441 g/mol. The fraction of sp³-hybridized carbons (Fsp3) is 0.0952. The van der Waals surface area contributed by atoms with Gasteiger partial charge in [0.15, 0.2) is 8.29 Å². The van der Waals surface area contributed by atoms with E-state index in [4.69, 9.17) is 12.2 Å². The highest BCUT2D eigenvalue weighted by molar-refractivity contribution is 8.02. The molecule has 0 aliphatic heterocycles. The Hall–Kier alpha value is -2.55. The van der Waals surface area contributed by atoms with Crippen LogP contribution in [0.5, 0.6) is 0 Å². The number of fused-ring (bicyclic) bond motifs is 1. The van der Waals surface area contributed by atoms with Crippen LogP contribution in [0.2, 0.25) is 0 Å². The van der Waals surface area contributed by atoms with Crippen LogP contribution >= 0.6 is 35.3 Å². The number of hydrogen-bond acceptors (Lipinski definition) is 5. The lowest BCUT2D eigenvalue weighted by Gasteiger charge is -2.12. The molecule has 1 heterocycles. The molecular weight excluding hydrogens is 425 g/mol. The van der Waals surface area contributed by atoms with Crippen molar-refractivity contribution in [3.05, 3.63) is 76.5 Å². The van der Waals surface area contributed by atoms with Crippen molar-refractivity contribution in [3.63, 3.8) is 0 Å². The third-order valence-electron chi connectivity index (χ3n) is 4.29. The quantitative estimate of drug-likeness (QED) is 0.301. The van der Waals surface area contributed by atoms with Gasteiger partial charge in [-0.05, 0) is 54.9 Å². The van der Waals surface area contributed by atoms with Crippen LogP contribution in [-0.4, -0.2) is 20.9 Å². The highest BCUT2D eigenvalue weighted by atomic mass is 32.2. The molecule has 0 aliphatic carbocycles. The van der Waals surface area contributed by atoms with E-state index in [2.05, 4.69) is 10.4 Å². The molecule has 1 unspecified atom stereocenters. The average Bonchev–Trinajstić information content (AvgIpc) is 3.08. The molecule has 4 rings (SSSR count). The summed E-state index contributed by atoms with van der Waals surface area (Å²) in [6.45, 7) is 1.83. The predicted octanol–water partition coefficient (Wildman–Crippen LogP) is 6.07. The number of rotatable bonds is 5. The second-order valence-corrected chi connectivity index (χ2v) is 9.51. The van der Waals surface area contributed by atoms with Crippen LogP contribution in [0.4, 0.5) is 10.1 Å². The van der Waals surface area contributed by atoms with Crippen molar-refractivity contribution in [2.75, 3.05) is 5.32 Å². The first kappa shape index (κ1) is 19.8. The third-order valence-corrected chi connectivity index (χ3v) is 6.71. The molecule has 1 atom stereocenters. The van der Waals surface area contributed by atoms with E-state index in [1.165, 1.54) is 35.2 Å². The Bertz CT molecular complexity index is 1230. The van der Waals surface area contributed by atoms with Crippen molar-refractivity contribution in [2.24, 2.45) is 0 Å². The summed E-state index contributed by atoms with van der Waals surface area (Å²) >= 11 is 8.04. The molecular formula is C21H16FN3OS3. The normalized spacial score (nSPS) is 12.1. The van der Waals surface area contributed by atoms with Crippen LogP contribution in [0.3, 0.4) is 0 Å². The van der Waals surface area contributed by atoms with Crippen molar-refractivity contribution in [1.82, 2.24) is 9.78 Å². The van der Waals surface area contributed by atoms with Gasteiger partial charge >= 0.3 is 0 Å². The Morgan fingerprint density at radius 2 is 1.86 bits per heavy atom. The number of benzene rings is 3. The minimum atomic E-state index is -0.365. The number of thioether (sulfide) groups is 1. The molecule has 146 valence electrons. The molecule has 1 amide bonds. The highest BCUT2D eigenvalue weighted by Crippen LogP contribution is 2.29. The van der Waals surface area contributed by atoms with Crippen molar-refractivity contribution in [3.8, 4) is 5.69 Å². The van der Waals surface area contributed by atoms with Crippen LogP contribution < -0.4 is 5.32 Å². The zero-order chi connectivity index (χ0) is 20.4. The lowest BCUT2D eigenvalue weighted by atomic mass is 10.1. The van der Waals surface area contributed by atoms with Gasteiger partial charge in [0.05, 0.1) is 10.9 Å². The van der Waals surface area contributed by atoms with E-state index < -0.39 is 0 Å². The van der Waals surface area contributed by atoms with Crippen LogP contribution in [0.1, 0.15) is 6.92 Å². The Labute approximate surface area is 180 Å². The number of nitrogens with one attached hydrogen (secondary N) is 1. The molecule has 0 radical (unpaired) electrons. The largest absolute Gasteiger partial charge is 0.325 e. The Kier molecular flexibility index (Phi) is 5.75. The number of anilines is 1. The maximum Gasteiger partial charge on any atom is 0.237 e. The van der Waals surface area contributed by atoms with Crippen molar-refractivity contribution in [2.45, 2.75) is 16.5 Å². The van der Waals surface area contributed by atoms with E-state index >= 15 is 0 Å². The molecule has 1 N–H and O–H groups in total. The lowest BCUT2D eigenvalue weighted by molar-refractivity contribution is -0.115. The van der Waals surface area contributed by atoms with E-state index in [-0.39, 0.29) is 17.0 Å². The average molecular weight is 442 g/mol. The first-order chi connectivity index (χ1) is 14.0. The van der Waals surface area contributed by atoms with Crippen molar-refractivity contribution in [1.29, 1.82) is 0 Å². The van der Waals surface area contributed by atoms with Crippen molar-refractivity contribution < 1.29 is 9.18 Å². The molecule has 0 saturated heterocycles. The van der Waals surface area contributed by atoms with Gasteiger partial charge in [-0.2, -0.15) is 0 Å². The van der Waals surface area contributed by atoms with E-state index in [0.717, 1.165) is 16.5 Å². The summed E-state index contributed by atoms with van der Waals surface area (Å²) in [6.07, 6.45) is 0. The number of halogens is 1. The molecule has 29 heavy (non-hydrogen) atoms. The molecule has 4 aromatic rings. The molecule has 8 heteroatoms. The molecule has 3 aromatic carbocycles. The Balaban J connectivity index is 1.50. The summed E-state index contributed by atoms with van der Waals surface area (Å²) in [5, 5.41) is 9.19. The zero-order valence-electron chi connectivity index (χ0n) is 15.3. The maximum absolute atomic E-state index is 13.1. The van der Waals surface area contributed by atoms with Crippen LogP contribution in [0.25, 0.3) is 16.5 Å². The third kappa shape index (κ3) is 4.39. The molecule has 0 bridgehead atoms. The number of amides is 1. The minimum absolute atomic E-state index is 0.110. The number of aromatic nitrogens is 2. The summed E-state index contributed by atoms with van der Waals surface area (Å²) < 4.78 is 15.9. The fourth-order valence-corrected chi connectivity index (χ4v) is 5.33. The number of nitrogens with zero attached hydrogens (tertiary/aromatic N) is 2. The van der Waals surface area contributed by atoms with E-state index in [1.54, 1.807) is 16.8 Å². The second kappa shape index (κ2) is 8.44. The van der Waals surface area contributed by atoms with Gasteiger partial charge in [-0.1, -0.05) is 59.5 Å². The zero-order valence-corrected chi connectivity index (χ0v) is 17.8. The van der Waals surface area contributed by atoms with Gasteiger partial charge in [0.1, 0.15) is 5.82 Å². The van der Waals surface area contributed by atoms with Gasteiger partial charge in [0.2, 0.25) is 5.91 Å². The molecule has 0 fully saturated rings. The molecule has 0 aliphatic rings. The topological polar surface area (TPSA) is 46.9 Å². The minimum Gasteiger partial charge on any atom is -0.325 e. The van der Waals surface area contributed by atoms with Gasteiger partial charge in [-0.3, -0.25) is 4.79 Å². The van der Waals surface area contributed by atoms with Gasteiger partial charge in [0, 0.05) is 11.1 Å². The summed E-state index contributed by atoms with van der Waals surface area (Å²) in [5.74, 6) is -0.426. The molecule has 0 saturated carbocycles. The smallest absolute Gasteiger partial charge is 0.237 e. The summed E-state index contributed by atoms with van der Waals surface area (Å²) in [7, 11) is 0. The highest BCUT2D eigenvalue weighted by Gasteiger charge is 2.18. The maximum atomic E-state index is 13.1. The predicted molar refractivity (Wildman–Crippen MR) is 120 cm³/mol. The van der Waals surface area contributed by atoms with Crippen LogP contribution in [-0.2, 0) is 4.79 Å². The van der Waals surface area contributed by atoms with Crippen molar-refractivity contribution >= 4 is 57.7 Å². The Morgan fingerprint density at radius 1 is 1.14 bits per heavy atom. The van der Waals surface area contributed by atoms with E-state index in [0.29, 0.717) is 14.0 Å². The van der Waals surface area contributed by atoms with E-state index in [9.17, 15) is 9.18 Å². The van der Waals surface area contributed by atoms with E-state index in [1.807, 2.05) is 49.4 Å². The lowest BCUT2D eigenvalue weighted by Crippen LogP contribution is -2.22. The van der Waals surface area contributed by atoms with Crippen LogP contribution in [0.15, 0.2) is 71.1 Å². The molecule has 0 spiro atoms. The summed E-state index contributed by atoms with van der Waals surface area (Å²) in [5.41, 5.74) is 1.47. The Morgan fingerprint density at radius 3 is 2.66 bits per heavy atom. The number of carbonyl (C=O) groups excluding carboxylic acids is 1. The first-order valence-corrected chi connectivity index (χ1v) is 10.9. The summed E-state index contributed by atoms with van der Waals surface area (Å²) in [6, 6.07) is 19.7. The number of carbonyl (C=O) groups is 1. The van der Waals surface area contributed by atoms with Gasteiger partial charge < -0.3 is 5.32 Å². The number of hydrogen-bond donors (Lipinski definition) is 1. The van der Waals surface area contributed by atoms with Gasteiger partial charge in [-0.25, -0.2) is 9.07 Å².